The number of benzene rings is 3. The highest BCUT2D eigenvalue weighted by molar-refractivity contribution is 6.02. The summed E-state index contributed by atoms with van der Waals surface area (Å²) in [7, 11) is 1.63. The molecule has 0 spiro atoms. The number of nitrogens with zero attached hydrogens (tertiary/aromatic N) is 1. The second-order valence-electron chi connectivity index (χ2n) is 5.76. The number of nitrogens with one attached hydrogen (secondary N) is 1. The Balaban J connectivity index is 1.95. The number of aromatic nitrogens is 2. The van der Waals surface area contributed by atoms with E-state index in [-0.39, 0.29) is 5.78 Å². The van der Waals surface area contributed by atoms with Crippen LogP contribution in [-0.4, -0.2) is 34.6 Å². The molecule has 25 heavy (non-hydrogen) atoms. The molecule has 0 atom stereocenters. The fourth-order valence-electron chi connectivity index (χ4n) is 3.06. The molecule has 5 nitrogen and oxygen atoms in total. The van der Waals surface area contributed by atoms with Crippen LogP contribution in [0.2, 0.25) is 0 Å². The van der Waals surface area contributed by atoms with E-state index in [1.54, 1.807) is 25.3 Å². The number of aliphatic hydroxyl groups excluding tert-OH is 1. The number of aromatic amines is 1. The first-order valence-corrected chi connectivity index (χ1v) is 7.91. The van der Waals surface area contributed by atoms with Crippen LogP contribution in [0.1, 0.15) is 10.4 Å². The lowest BCUT2D eigenvalue weighted by atomic mass is 10.0. The fraction of sp³-hybridized carbons (Fsp3) is 0.100. The molecule has 0 fully saturated rings. The number of aliphatic hydroxyl groups is 1. The highest BCUT2D eigenvalue weighted by atomic mass is 16.5. The number of rotatable bonds is 4. The lowest BCUT2D eigenvalue weighted by Crippen LogP contribution is -2.03. The van der Waals surface area contributed by atoms with Crippen molar-refractivity contribution in [1.29, 1.82) is 0 Å². The van der Waals surface area contributed by atoms with Crippen LogP contribution in [0.3, 0.4) is 0 Å². The summed E-state index contributed by atoms with van der Waals surface area (Å²) in [4.78, 5) is 19.6. The Morgan fingerprint density at radius 1 is 1.16 bits per heavy atom. The lowest BCUT2D eigenvalue weighted by molar-refractivity contribution is 0.0904. The molecule has 0 saturated carbocycles. The highest BCUT2D eigenvalue weighted by Crippen LogP contribution is 2.36. The summed E-state index contributed by atoms with van der Waals surface area (Å²) in [5.41, 5.74) is 2.82. The molecule has 124 valence electrons. The average Bonchev–Trinajstić information content (AvgIpc) is 3.09. The number of ether oxygens (including phenoxy) is 1. The van der Waals surface area contributed by atoms with Gasteiger partial charge in [0.25, 0.3) is 0 Å². The van der Waals surface area contributed by atoms with Gasteiger partial charge in [0.2, 0.25) is 0 Å². The highest BCUT2D eigenvalue weighted by Gasteiger charge is 2.15. The van der Waals surface area contributed by atoms with Crippen molar-refractivity contribution in [1.82, 2.24) is 9.97 Å². The number of hydrogen-bond donors (Lipinski definition) is 2. The summed E-state index contributed by atoms with van der Waals surface area (Å²) in [5, 5.41) is 11.2. The van der Waals surface area contributed by atoms with Gasteiger partial charge >= 0.3 is 0 Å². The van der Waals surface area contributed by atoms with E-state index in [1.807, 2.05) is 36.4 Å². The van der Waals surface area contributed by atoms with Crippen molar-refractivity contribution in [2.75, 3.05) is 13.7 Å². The lowest BCUT2D eigenvalue weighted by Gasteiger charge is -2.09. The Morgan fingerprint density at radius 2 is 2.00 bits per heavy atom. The smallest absolute Gasteiger partial charge is 0.188 e. The van der Waals surface area contributed by atoms with Crippen LogP contribution < -0.4 is 4.74 Å². The Bertz CT molecular complexity index is 1100. The van der Waals surface area contributed by atoms with E-state index in [4.69, 9.17) is 9.84 Å². The Hall–Kier alpha value is -3.18. The number of methoxy groups -OCH3 is 1. The third-order valence-corrected chi connectivity index (χ3v) is 4.29. The van der Waals surface area contributed by atoms with Gasteiger partial charge in [0.1, 0.15) is 18.2 Å². The van der Waals surface area contributed by atoms with Gasteiger partial charge < -0.3 is 14.8 Å². The molecular weight excluding hydrogens is 316 g/mol. The predicted octanol–water partition coefficient (Wildman–Crippen LogP) is 3.57. The molecule has 1 aromatic heterocycles. The Morgan fingerprint density at radius 3 is 2.80 bits per heavy atom. The van der Waals surface area contributed by atoms with Gasteiger partial charge in [-0.15, -0.1) is 0 Å². The van der Waals surface area contributed by atoms with Crippen molar-refractivity contribution in [3.05, 3.63) is 60.2 Å². The number of hydrogen-bond acceptors (Lipinski definition) is 4. The van der Waals surface area contributed by atoms with Crippen molar-refractivity contribution in [2.24, 2.45) is 0 Å². The normalized spacial score (nSPS) is 11.1. The molecule has 1 heterocycles. The Labute approximate surface area is 143 Å². The van der Waals surface area contributed by atoms with Gasteiger partial charge in [-0.3, -0.25) is 4.79 Å². The molecule has 0 aliphatic carbocycles. The predicted molar refractivity (Wildman–Crippen MR) is 97.0 cm³/mol. The molecule has 0 aliphatic heterocycles. The van der Waals surface area contributed by atoms with Gasteiger partial charge in [-0.1, -0.05) is 30.3 Å². The van der Waals surface area contributed by atoms with Crippen molar-refractivity contribution in [3.8, 4) is 17.1 Å². The molecule has 4 rings (SSSR count). The maximum atomic E-state index is 11.7. The molecule has 4 aromatic rings. The minimum absolute atomic E-state index is 0.319. The third kappa shape index (κ3) is 2.55. The molecule has 3 aromatic carbocycles. The first-order valence-electron chi connectivity index (χ1n) is 7.91. The standard InChI is InChI=1S/C20H16N2O3/c1-25-18-9-7-12-4-2-3-5-14(12)19(18)20-21-15-8-6-13(17(24)11-23)10-16(15)22-20/h2-10,23H,11H2,1H3,(H,21,22). The maximum Gasteiger partial charge on any atom is 0.188 e. The molecular formula is C20H16N2O3. The van der Waals surface area contributed by atoms with E-state index < -0.39 is 6.61 Å². The number of carbonyl (C=O) groups is 1. The molecule has 0 aliphatic rings. The van der Waals surface area contributed by atoms with Crippen LogP contribution in [0.25, 0.3) is 33.2 Å². The van der Waals surface area contributed by atoms with Crippen LogP contribution in [-0.2, 0) is 0 Å². The second-order valence-corrected chi connectivity index (χ2v) is 5.76. The summed E-state index contributed by atoms with van der Waals surface area (Å²) >= 11 is 0. The van der Waals surface area contributed by atoms with Crippen LogP contribution in [0, 0.1) is 0 Å². The monoisotopic (exact) mass is 332 g/mol. The molecule has 0 bridgehead atoms. The number of H-pyrrole nitrogens is 1. The van der Waals surface area contributed by atoms with Gasteiger partial charge in [0, 0.05) is 5.56 Å². The number of imidazole rings is 1. The van der Waals surface area contributed by atoms with E-state index >= 15 is 0 Å². The zero-order valence-electron chi connectivity index (χ0n) is 13.6. The number of Topliss-reactive ketones (excluding diaryl/α,β-unsaturated/α-hetero) is 1. The van der Waals surface area contributed by atoms with Gasteiger partial charge in [-0.25, -0.2) is 4.98 Å². The topological polar surface area (TPSA) is 75.2 Å². The second kappa shape index (κ2) is 6.03. The van der Waals surface area contributed by atoms with Gasteiger partial charge in [-0.05, 0) is 35.0 Å². The summed E-state index contributed by atoms with van der Waals surface area (Å²) in [6, 6.07) is 17.1. The van der Waals surface area contributed by atoms with Crippen molar-refractivity contribution >= 4 is 27.6 Å². The van der Waals surface area contributed by atoms with Gasteiger partial charge in [0.15, 0.2) is 5.78 Å². The Kier molecular flexibility index (Phi) is 3.71. The third-order valence-electron chi connectivity index (χ3n) is 4.29. The average molecular weight is 332 g/mol. The van der Waals surface area contributed by atoms with Gasteiger partial charge in [0.05, 0.1) is 23.7 Å². The first-order chi connectivity index (χ1) is 12.2. The zero-order valence-corrected chi connectivity index (χ0v) is 13.6. The van der Waals surface area contributed by atoms with Crippen LogP contribution in [0.5, 0.6) is 5.75 Å². The summed E-state index contributed by atoms with van der Waals surface area (Å²) in [6.45, 7) is -0.510. The maximum absolute atomic E-state index is 11.7. The number of fused-ring (bicyclic) bond motifs is 2. The van der Waals surface area contributed by atoms with E-state index in [2.05, 4.69) is 9.97 Å². The van der Waals surface area contributed by atoms with E-state index in [0.717, 1.165) is 33.1 Å². The van der Waals surface area contributed by atoms with E-state index in [1.165, 1.54) is 0 Å². The molecule has 2 N–H and O–H groups in total. The largest absolute Gasteiger partial charge is 0.496 e. The van der Waals surface area contributed by atoms with Crippen molar-refractivity contribution in [2.45, 2.75) is 0 Å². The van der Waals surface area contributed by atoms with E-state index in [0.29, 0.717) is 11.4 Å². The summed E-state index contributed by atoms with van der Waals surface area (Å²) < 4.78 is 5.54. The molecule has 0 saturated heterocycles. The quantitative estimate of drug-likeness (QED) is 0.560. The summed E-state index contributed by atoms with van der Waals surface area (Å²) in [5.74, 6) is 1.09. The number of ketones is 1. The fourth-order valence-corrected chi connectivity index (χ4v) is 3.06. The number of carbonyl (C=O) groups excluding carboxylic acids is 1. The minimum Gasteiger partial charge on any atom is -0.496 e. The molecule has 0 radical (unpaired) electrons. The SMILES string of the molecule is COc1ccc2ccccc2c1-c1nc2ccc(C(=O)CO)cc2[nH]1. The molecule has 0 amide bonds. The zero-order chi connectivity index (χ0) is 17.4. The van der Waals surface area contributed by atoms with Crippen molar-refractivity contribution < 1.29 is 14.6 Å². The molecule has 0 unspecified atom stereocenters. The van der Waals surface area contributed by atoms with Crippen LogP contribution in [0.15, 0.2) is 54.6 Å². The minimum atomic E-state index is -0.510. The van der Waals surface area contributed by atoms with E-state index in [9.17, 15) is 4.79 Å². The first kappa shape index (κ1) is 15.4. The van der Waals surface area contributed by atoms with Crippen LogP contribution >= 0.6 is 0 Å². The van der Waals surface area contributed by atoms with Crippen molar-refractivity contribution in [3.63, 3.8) is 0 Å². The van der Waals surface area contributed by atoms with Gasteiger partial charge in [-0.2, -0.15) is 0 Å². The molecule has 5 heteroatoms. The summed E-state index contributed by atoms with van der Waals surface area (Å²) in [6.07, 6.45) is 0. The van der Waals surface area contributed by atoms with Crippen LogP contribution in [0.4, 0.5) is 0 Å².